The second-order valence-electron chi connectivity index (χ2n) is 5.91. The van der Waals surface area contributed by atoms with Crippen molar-refractivity contribution in [2.75, 3.05) is 13.1 Å². The molecule has 4 nitrogen and oxygen atoms in total. The summed E-state index contributed by atoms with van der Waals surface area (Å²) < 4.78 is 5.79. The molecular weight excluding hydrogens is 250 g/mol. The van der Waals surface area contributed by atoms with Crippen LogP contribution < -0.4 is 5.32 Å². The standard InChI is InChI=1S/C16H29N3O/c1-5-13-9-18-16(7-3,8-4)12-19(13)11-15-17-10-14(6-2)20-15/h10,13,18H,5-9,11-12H2,1-4H3. The highest BCUT2D eigenvalue weighted by atomic mass is 16.4. The number of nitrogens with zero attached hydrogens (tertiary/aromatic N) is 2. The van der Waals surface area contributed by atoms with Gasteiger partial charge in [0.05, 0.1) is 12.7 Å². The summed E-state index contributed by atoms with van der Waals surface area (Å²) in [6, 6.07) is 0.582. The van der Waals surface area contributed by atoms with Crippen LogP contribution >= 0.6 is 0 Å². The van der Waals surface area contributed by atoms with Crippen molar-refractivity contribution in [1.29, 1.82) is 0 Å². The van der Waals surface area contributed by atoms with Crippen molar-refractivity contribution >= 4 is 0 Å². The molecule has 1 N–H and O–H groups in total. The second-order valence-corrected chi connectivity index (χ2v) is 5.91. The van der Waals surface area contributed by atoms with Gasteiger partial charge in [-0.2, -0.15) is 0 Å². The molecule has 0 radical (unpaired) electrons. The molecule has 0 aromatic carbocycles. The molecule has 0 bridgehead atoms. The molecule has 0 aliphatic carbocycles. The summed E-state index contributed by atoms with van der Waals surface area (Å²) in [5.74, 6) is 1.85. The fraction of sp³-hybridized carbons (Fsp3) is 0.812. The van der Waals surface area contributed by atoms with Crippen LogP contribution in [0.4, 0.5) is 0 Å². The summed E-state index contributed by atoms with van der Waals surface area (Å²) in [7, 11) is 0. The average Bonchev–Trinajstić information content (AvgIpc) is 2.94. The highest BCUT2D eigenvalue weighted by molar-refractivity contribution is 4.99. The largest absolute Gasteiger partial charge is 0.444 e. The minimum atomic E-state index is 0.256. The van der Waals surface area contributed by atoms with E-state index >= 15 is 0 Å². The SMILES string of the molecule is CCc1cnc(CN2CC(CC)(CC)NCC2CC)o1. The van der Waals surface area contributed by atoms with E-state index in [2.05, 4.69) is 42.9 Å². The molecule has 2 rings (SSSR count). The molecule has 1 aliphatic rings. The van der Waals surface area contributed by atoms with Gasteiger partial charge in [-0.25, -0.2) is 4.98 Å². The molecule has 4 heteroatoms. The Morgan fingerprint density at radius 3 is 2.65 bits per heavy atom. The molecule has 1 aliphatic heterocycles. The fourth-order valence-corrected chi connectivity index (χ4v) is 3.11. The fourth-order valence-electron chi connectivity index (χ4n) is 3.11. The monoisotopic (exact) mass is 279 g/mol. The molecule has 0 amide bonds. The number of aryl methyl sites for hydroxylation is 1. The van der Waals surface area contributed by atoms with Crippen molar-refractivity contribution in [3.63, 3.8) is 0 Å². The summed E-state index contributed by atoms with van der Waals surface area (Å²) in [4.78, 5) is 6.97. The van der Waals surface area contributed by atoms with Crippen LogP contribution in [0.5, 0.6) is 0 Å². The molecule has 114 valence electrons. The van der Waals surface area contributed by atoms with Crippen LogP contribution in [0, 0.1) is 0 Å². The topological polar surface area (TPSA) is 41.3 Å². The molecule has 1 unspecified atom stereocenters. The molecule has 1 saturated heterocycles. The van der Waals surface area contributed by atoms with Gasteiger partial charge in [0.1, 0.15) is 5.76 Å². The molecule has 1 fully saturated rings. The Morgan fingerprint density at radius 2 is 2.10 bits per heavy atom. The third-order valence-electron chi connectivity index (χ3n) is 4.85. The lowest BCUT2D eigenvalue weighted by molar-refractivity contribution is 0.0573. The Balaban J connectivity index is 2.08. The molecular formula is C16H29N3O. The third-order valence-corrected chi connectivity index (χ3v) is 4.85. The van der Waals surface area contributed by atoms with Gasteiger partial charge in [0.25, 0.3) is 0 Å². The Bertz CT molecular complexity index is 412. The number of nitrogens with one attached hydrogen (secondary N) is 1. The molecule has 1 atom stereocenters. The van der Waals surface area contributed by atoms with Gasteiger partial charge in [-0.3, -0.25) is 4.90 Å². The number of rotatable bonds is 6. The molecule has 0 spiro atoms. The summed E-state index contributed by atoms with van der Waals surface area (Å²) >= 11 is 0. The first-order valence-electron chi connectivity index (χ1n) is 8.09. The predicted molar refractivity (Wildman–Crippen MR) is 81.7 cm³/mol. The zero-order valence-corrected chi connectivity index (χ0v) is 13.4. The van der Waals surface area contributed by atoms with E-state index in [0.717, 1.165) is 44.1 Å². The van der Waals surface area contributed by atoms with E-state index in [0.29, 0.717) is 6.04 Å². The molecule has 0 saturated carbocycles. The number of oxazole rings is 1. The number of hydrogen-bond donors (Lipinski definition) is 1. The Kier molecular flexibility index (Phi) is 5.22. The van der Waals surface area contributed by atoms with Crippen LogP contribution in [-0.4, -0.2) is 34.6 Å². The number of aromatic nitrogens is 1. The van der Waals surface area contributed by atoms with Crippen LogP contribution in [0.1, 0.15) is 58.6 Å². The van der Waals surface area contributed by atoms with Crippen molar-refractivity contribution in [2.45, 2.75) is 71.5 Å². The van der Waals surface area contributed by atoms with Gasteiger partial charge in [-0.1, -0.05) is 27.7 Å². The zero-order valence-electron chi connectivity index (χ0n) is 13.4. The first kappa shape index (κ1) is 15.5. The Labute approximate surface area is 122 Å². The van der Waals surface area contributed by atoms with E-state index in [9.17, 15) is 0 Å². The first-order chi connectivity index (χ1) is 9.66. The first-order valence-corrected chi connectivity index (χ1v) is 8.09. The lowest BCUT2D eigenvalue weighted by Gasteiger charge is -2.47. The second kappa shape index (κ2) is 6.72. The molecule has 1 aromatic rings. The van der Waals surface area contributed by atoms with Gasteiger partial charge in [0.15, 0.2) is 0 Å². The van der Waals surface area contributed by atoms with Crippen LogP contribution in [-0.2, 0) is 13.0 Å². The Hall–Kier alpha value is -0.870. The van der Waals surface area contributed by atoms with E-state index in [1.165, 1.54) is 12.8 Å². The quantitative estimate of drug-likeness (QED) is 0.869. The van der Waals surface area contributed by atoms with Gasteiger partial charge in [-0.05, 0) is 19.3 Å². The minimum absolute atomic E-state index is 0.256. The maximum Gasteiger partial charge on any atom is 0.208 e. The number of piperazine rings is 1. The predicted octanol–water partition coefficient (Wildman–Crippen LogP) is 2.98. The van der Waals surface area contributed by atoms with Gasteiger partial charge in [0.2, 0.25) is 5.89 Å². The number of hydrogen-bond acceptors (Lipinski definition) is 4. The lowest BCUT2D eigenvalue weighted by atomic mass is 9.88. The third kappa shape index (κ3) is 3.23. The Morgan fingerprint density at radius 1 is 1.35 bits per heavy atom. The van der Waals surface area contributed by atoms with E-state index in [1.54, 1.807) is 0 Å². The van der Waals surface area contributed by atoms with E-state index in [1.807, 2.05) is 6.20 Å². The van der Waals surface area contributed by atoms with Crippen molar-refractivity contribution in [3.8, 4) is 0 Å². The van der Waals surface area contributed by atoms with Gasteiger partial charge in [0, 0.05) is 31.1 Å². The normalized spacial score (nSPS) is 23.1. The molecule has 2 heterocycles. The van der Waals surface area contributed by atoms with Crippen molar-refractivity contribution in [3.05, 3.63) is 17.8 Å². The van der Waals surface area contributed by atoms with E-state index in [4.69, 9.17) is 4.42 Å². The van der Waals surface area contributed by atoms with Crippen LogP contribution in [0.2, 0.25) is 0 Å². The summed E-state index contributed by atoms with van der Waals surface area (Å²) in [5, 5.41) is 3.77. The maximum atomic E-state index is 5.79. The lowest BCUT2D eigenvalue weighted by Crippen LogP contribution is -2.63. The van der Waals surface area contributed by atoms with Crippen LogP contribution in [0.15, 0.2) is 10.6 Å². The molecule has 20 heavy (non-hydrogen) atoms. The van der Waals surface area contributed by atoms with Gasteiger partial charge < -0.3 is 9.73 Å². The van der Waals surface area contributed by atoms with Crippen molar-refractivity contribution in [2.24, 2.45) is 0 Å². The summed E-state index contributed by atoms with van der Waals surface area (Å²) in [6.07, 6.45) is 6.29. The van der Waals surface area contributed by atoms with Crippen molar-refractivity contribution in [1.82, 2.24) is 15.2 Å². The summed E-state index contributed by atoms with van der Waals surface area (Å²) in [6.45, 7) is 11.9. The summed E-state index contributed by atoms with van der Waals surface area (Å²) in [5.41, 5.74) is 0.256. The van der Waals surface area contributed by atoms with Crippen LogP contribution in [0.25, 0.3) is 0 Å². The van der Waals surface area contributed by atoms with Crippen LogP contribution in [0.3, 0.4) is 0 Å². The highest BCUT2D eigenvalue weighted by Crippen LogP contribution is 2.25. The van der Waals surface area contributed by atoms with E-state index in [-0.39, 0.29) is 5.54 Å². The smallest absolute Gasteiger partial charge is 0.208 e. The molecule has 1 aromatic heterocycles. The zero-order chi connectivity index (χ0) is 14.6. The average molecular weight is 279 g/mol. The van der Waals surface area contributed by atoms with Crippen molar-refractivity contribution < 1.29 is 4.42 Å². The van der Waals surface area contributed by atoms with Gasteiger partial charge >= 0.3 is 0 Å². The minimum Gasteiger partial charge on any atom is -0.444 e. The van der Waals surface area contributed by atoms with Gasteiger partial charge in [-0.15, -0.1) is 0 Å². The van der Waals surface area contributed by atoms with E-state index < -0.39 is 0 Å². The maximum absolute atomic E-state index is 5.79. The highest BCUT2D eigenvalue weighted by Gasteiger charge is 2.36.